The summed E-state index contributed by atoms with van der Waals surface area (Å²) < 4.78 is 5.16. The maximum Gasteiger partial charge on any atom is 0.356 e. The summed E-state index contributed by atoms with van der Waals surface area (Å²) in [6.45, 7) is 0. The zero-order valence-electron chi connectivity index (χ0n) is 15.6. The molecule has 0 atom stereocenters. The van der Waals surface area contributed by atoms with E-state index < -0.39 is 5.97 Å². The fraction of sp³-hybridized carbons (Fsp3) is 0.0455. The van der Waals surface area contributed by atoms with Crippen molar-refractivity contribution in [3.63, 3.8) is 0 Å². The average Bonchev–Trinajstić information content (AvgIpc) is 2.74. The minimum absolute atomic E-state index is 0.171. The van der Waals surface area contributed by atoms with E-state index in [2.05, 4.69) is 16.6 Å². The zero-order valence-corrected chi connectivity index (χ0v) is 15.6. The van der Waals surface area contributed by atoms with Gasteiger partial charge in [0.05, 0.1) is 24.0 Å². The molecule has 0 bridgehead atoms. The van der Waals surface area contributed by atoms with Gasteiger partial charge in [-0.1, -0.05) is 30.3 Å². The molecule has 0 saturated heterocycles. The Labute approximate surface area is 167 Å². The monoisotopic (exact) mass is 386 g/mol. The second-order valence-electron chi connectivity index (χ2n) is 6.07. The number of nitriles is 1. The summed E-state index contributed by atoms with van der Waals surface area (Å²) in [5.74, 6) is -0.561. The Morgan fingerprint density at radius 1 is 1.14 bits per heavy atom. The van der Waals surface area contributed by atoms with Gasteiger partial charge in [0.2, 0.25) is 0 Å². The van der Waals surface area contributed by atoms with Gasteiger partial charge >= 0.3 is 5.97 Å². The smallest absolute Gasteiger partial charge is 0.356 e. The number of nitrogen functional groups attached to an aromatic ring is 1. The largest absolute Gasteiger partial charge is 0.497 e. The third-order valence-electron chi connectivity index (χ3n) is 4.23. The number of rotatable bonds is 6. The number of methoxy groups -OCH3 is 1. The molecule has 0 fully saturated rings. The summed E-state index contributed by atoms with van der Waals surface area (Å²) in [6, 6.07) is 21.1. The molecule has 144 valence electrons. The molecule has 3 aromatic rings. The van der Waals surface area contributed by atoms with E-state index in [0.29, 0.717) is 22.6 Å². The minimum Gasteiger partial charge on any atom is -0.497 e. The Hall–Kier alpha value is -4.31. The SMILES string of the molecule is COc1ccc(-c2cc(/C(=N\Nc3ccccc3)C(=O)O)cc(N)c2C#N)cc1. The summed E-state index contributed by atoms with van der Waals surface area (Å²) >= 11 is 0. The van der Waals surface area contributed by atoms with Crippen molar-refractivity contribution >= 4 is 23.1 Å². The summed E-state index contributed by atoms with van der Waals surface area (Å²) in [5.41, 5.74) is 11.1. The van der Waals surface area contributed by atoms with Crippen LogP contribution in [0.25, 0.3) is 11.1 Å². The number of ether oxygens (including phenoxy) is 1. The number of hydrogen-bond donors (Lipinski definition) is 3. The highest BCUT2D eigenvalue weighted by atomic mass is 16.5. The van der Waals surface area contributed by atoms with Crippen LogP contribution in [0.4, 0.5) is 11.4 Å². The van der Waals surface area contributed by atoms with Gasteiger partial charge in [-0.15, -0.1) is 0 Å². The van der Waals surface area contributed by atoms with Crippen LogP contribution in [0.2, 0.25) is 0 Å². The van der Waals surface area contributed by atoms with Gasteiger partial charge in [0, 0.05) is 11.1 Å². The molecule has 0 radical (unpaired) electrons. The van der Waals surface area contributed by atoms with Crippen LogP contribution >= 0.6 is 0 Å². The van der Waals surface area contributed by atoms with Crippen LogP contribution in [0.5, 0.6) is 5.75 Å². The molecule has 3 rings (SSSR count). The first-order chi connectivity index (χ1) is 14.0. The van der Waals surface area contributed by atoms with Crippen LogP contribution < -0.4 is 15.9 Å². The Bertz CT molecular complexity index is 1100. The Morgan fingerprint density at radius 2 is 1.83 bits per heavy atom. The van der Waals surface area contributed by atoms with Gasteiger partial charge in [-0.05, 0) is 42.0 Å². The molecule has 3 aromatic carbocycles. The van der Waals surface area contributed by atoms with Crippen LogP contribution in [-0.2, 0) is 4.79 Å². The highest BCUT2D eigenvalue weighted by Crippen LogP contribution is 2.30. The van der Waals surface area contributed by atoms with Crippen molar-refractivity contribution in [3.8, 4) is 22.9 Å². The maximum atomic E-state index is 11.8. The molecule has 7 nitrogen and oxygen atoms in total. The number of nitrogens with one attached hydrogen (secondary N) is 1. The number of para-hydroxylation sites is 1. The first kappa shape index (κ1) is 19.5. The van der Waals surface area contributed by atoms with Gasteiger partial charge in [-0.25, -0.2) is 4.79 Å². The van der Waals surface area contributed by atoms with Crippen LogP contribution in [0.3, 0.4) is 0 Å². The zero-order chi connectivity index (χ0) is 20.8. The molecule has 0 aromatic heterocycles. The lowest BCUT2D eigenvalue weighted by Crippen LogP contribution is -2.17. The number of anilines is 2. The molecule has 0 amide bonds. The second-order valence-corrected chi connectivity index (χ2v) is 6.07. The van der Waals surface area contributed by atoms with Crippen LogP contribution in [0.1, 0.15) is 11.1 Å². The number of nitrogens with zero attached hydrogens (tertiary/aromatic N) is 2. The molecule has 0 aliphatic heterocycles. The van der Waals surface area contributed by atoms with E-state index in [0.717, 1.165) is 0 Å². The van der Waals surface area contributed by atoms with E-state index in [1.54, 1.807) is 61.7 Å². The molecule has 0 aliphatic rings. The number of nitrogens with two attached hydrogens (primary N) is 1. The Balaban J connectivity index is 2.09. The van der Waals surface area contributed by atoms with Crippen molar-refractivity contribution in [3.05, 3.63) is 77.9 Å². The molecule has 4 N–H and O–H groups in total. The summed E-state index contributed by atoms with van der Waals surface area (Å²) in [5, 5.41) is 23.2. The molecule has 0 spiro atoms. The van der Waals surface area contributed by atoms with Gasteiger partial charge in [-0.2, -0.15) is 10.4 Å². The standard InChI is InChI=1S/C22H18N4O3/c1-29-17-9-7-14(8-10-17)18-11-15(12-20(24)19(18)13-23)21(22(27)28)26-25-16-5-3-2-4-6-16/h2-12,25H,24H2,1H3,(H,27,28)/b26-21+. The fourth-order valence-corrected chi connectivity index (χ4v) is 2.79. The molecule has 29 heavy (non-hydrogen) atoms. The third kappa shape index (κ3) is 4.34. The molecule has 0 unspecified atom stereocenters. The van der Waals surface area contributed by atoms with Crippen molar-refractivity contribution in [2.75, 3.05) is 18.3 Å². The van der Waals surface area contributed by atoms with Gasteiger partial charge < -0.3 is 15.6 Å². The van der Waals surface area contributed by atoms with Crippen molar-refractivity contribution in [1.29, 1.82) is 5.26 Å². The van der Waals surface area contributed by atoms with Crippen LogP contribution in [0, 0.1) is 11.3 Å². The number of carbonyl (C=O) groups is 1. The van der Waals surface area contributed by atoms with E-state index in [-0.39, 0.29) is 22.5 Å². The normalized spacial score (nSPS) is 10.8. The summed E-state index contributed by atoms with van der Waals surface area (Å²) in [7, 11) is 1.56. The number of benzene rings is 3. The third-order valence-corrected chi connectivity index (χ3v) is 4.23. The lowest BCUT2D eigenvalue weighted by atomic mass is 9.94. The number of carboxylic acids is 1. The Kier molecular flexibility index (Phi) is 5.76. The minimum atomic E-state index is -1.22. The van der Waals surface area contributed by atoms with Gasteiger partial charge in [0.25, 0.3) is 0 Å². The van der Waals surface area contributed by atoms with Crippen LogP contribution in [0.15, 0.2) is 71.8 Å². The topological polar surface area (TPSA) is 121 Å². The predicted octanol–water partition coefficient (Wildman–Crippen LogP) is 3.72. The summed E-state index contributed by atoms with van der Waals surface area (Å²) in [4.78, 5) is 11.8. The highest BCUT2D eigenvalue weighted by Gasteiger charge is 2.18. The van der Waals surface area contributed by atoms with Gasteiger partial charge in [-0.3, -0.25) is 5.43 Å². The van der Waals surface area contributed by atoms with Gasteiger partial charge in [0.1, 0.15) is 11.8 Å². The van der Waals surface area contributed by atoms with E-state index in [9.17, 15) is 15.2 Å². The lowest BCUT2D eigenvalue weighted by Gasteiger charge is -2.12. The van der Waals surface area contributed by atoms with E-state index in [4.69, 9.17) is 10.5 Å². The fourth-order valence-electron chi connectivity index (χ4n) is 2.79. The first-order valence-electron chi connectivity index (χ1n) is 8.64. The van der Waals surface area contributed by atoms with Crippen molar-refractivity contribution < 1.29 is 14.6 Å². The van der Waals surface area contributed by atoms with Gasteiger partial charge in [0.15, 0.2) is 5.71 Å². The predicted molar refractivity (Wildman–Crippen MR) is 112 cm³/mol. The Morgan fingerprint density at radius 3 is 2.41 bits per heavy atom. The number of hydrogen-bond acceptors (Lipinski definition) is 6. The number of carboxylic acid groups (broad SMARTS) is 1. The van der Waals surface area contributed by atoms with Crippen molar-refractivity contribution in [2.45, 2.75) is 0 Å². The molecule has 0 heterocycles. The average molecular weight is 386 g/mol. The molecular formula is C22H18N4O3. The maximum absolute atomic E-state index is 11.8. The molecule has 0 aliphatic carbocycles. The molecule has 7 heteroatoms. The van der Waals surface area contributed by atoms with Crippen molar-refractivity contribution in [1.82, 2.24) is 0 Å². The number of hydrazone groups is 1. The van der Waals surface area contributed by atoms with E-state index in [1.165, 1.54) is 6.07 Å². The molecular weight excluding hydrogens is 368 g/mol. The van der Waals surface area contributed by atoms with Crippen LogP contribution in [-0.4, -0.2) is 23.9 Å². The lowest BCUT2D eigenvalue weighted by molar-refractivity contribution is -0.129. The van der Waals surface area contributed by atoms with Crippen molar-refractivity contribution in [2.24, 2.45) is 5.10 Å². The first-order valence-corrected chi connectivity index (χ1v) is 8.64. The number of aliphatic carboxylic acids is 1. The molecule has 0 saturated carbocycles. The summed E-state index contributed by atoms with van der Waals surface area (Å²) in [6.07, 6.45) is 0. The van der Waals surface area contributed by atoms with E-state index in [1.807, 2.05) is 6.07 Å². The second kappa shape index (κ2) is 8.59. The quantitative estimate of drug-likeness (QED) is 0.337. The van der Waals surface area contributed by atoms with E-state index >= 15 is 0 Å². The highest BCUT2D eigenvalue weighted by molar-refractivity contribution is 6.43.